The molecule has 178 valence electrons. The molecule has 0 aromatic rings. The van der Waals surface area contributed by atoms with Gasteiger partial charge in [0.05, 0.1) is 11.7 Å². The van der Waals surface area contributed by atoms with E-state index in [4.69, 9.17) is 9.16 Å². The molecule has 1 saturated carbocycles. The molecule has 2 fully saturated rings. The second-order valence-corrected chi connectivity index (χ2v) is 15.8. The van der Waals surface area contributed by atoms with E-state index in [1.165, 1.54) is 5.57 Å². The van der Waals surface area contributed by atoms with Crippen molar-refractivity contribution in [2.45, 2.75) is 128 Å². The Morgan fingerprint density at radius 2 is 1.81 bits per heavy atom. The van der Waals surface area contributed by atoms with Crippen LogP contribution in [0.3, 0.4) is 0 Å². The summed E-state index contributed by atoms with van der Waals surface area (Å²) in [6.45, 7) is 19.8. The second kappa shape index (κ2) is 8.71. The molecular weight excluding hydrogens is 404 g/mol. The molecule has 0 unspecified atom stereocenters. The molecule has 2 aliphatic carbocycles. The van der Waals surface area contributed by atoms with Crippen molar-refractivity contribution in [2.24, 2.45) is 11.3 Å². The molecule has 0 amide bonds. The normalized spacial score (nSPS) is 45.7. The van der Waals surface area contributed by atoms with E-state index in [0.717, 1.165) is 55.8 Å². The number of aliphatic hydroxyl groups excluding tert-OH is 1. The molecule has 31 heavy (non-hydrogen) atoms. The van der Waals surface area contributed by atoms with Gasteiger partial charge in [0, 0.05) is 0 Å². The van der Waals surface area contributed by atoms with Crippen molar-refractivity contribution in [3.8, 4) is 0 Å². The van der Waals surface area contributed by atoms with Gasteiger partial charge in [0.1, 0.15) is 17.8 Å². The lowest BCUT2D eigenvalue weighted by molar-refractivity contribution is -0.303. The Hall–Kier alpha value is -0.463. The molecule has 5 aliphatic rings. The first-order valence-electron chi connectivity index (χ1n) is 12.5. The first-order valence-corrected chi connectivity index (χ1v) is 15.1. The van der Waals surface area contributed by atoms with Crippen LogP contribution in [-0.4, -0.2) is 48.0 Å². The van der Waals surface area contributed by atoms with Gasteiger partial charge in [-0.15, -0.1) is 0 Å². The maximum absolute atomic E-state index is 12.1. The van der Waals surface area contributed by atoms with Crippen LogP contribution in [0.15, 0.2) is 23.8 Å². The fourth-order valence-electron chi connectivity index (χ4n) is 6.39. The highest BCUT2D eigenvalue weighted by Gasteiger charge is 2.66. The first kappa shape index (κ1) is 25.2. The Kier molecular flexibility index (Phi) is 7.07. The quantitative estimate of drug-likeness (QED) is 0.414. The Labute approximate surface area is 191 Å². The molecule has 2 N–H and O–H groups in total. The minimum atomic E-state index is -2.04. The second-order valence-electron chi connectivity index (χ2n) is 11.1. The van der Waals surface area contributed by atoms with Crippen LogP contribution in [0.4, 0.5) is 0 Å². The molecule has 0 radical (unpaired) electrons. The fourth-order valence-corrected chi connectivity index (χ4v) is 9.31. The molecule has 4 nitrogen and oxygen atoms in total. The average Bonchev–Trinajstić information content (AvgIpc) is 2.74. The summed E-state index contributed by atoms with van der Waals surface area (Å²) < 4.78 is 13.7. The summed E-state index contributed by atoms with van der Waals surface area (Å²) in [6, 6.07) is 2.99. The molecule has 0 aromatic heterocycles. The summed E-state index contributed by atoms with van der Waals surface area (Å²) in [7, 11) is -2.04. The zero-order valence-electron chi connectivity index (χ0n) is 21.0. The van der Waals surface area contributed by atoms with Gasteiger partial charge in [0.15, 0.2) is 8.32 Å². The van der Waals surface area contributed by atoms with Crippen molar-refractivity contribution in [1.82, 2.24) is 0 Å². The first-order chi connectivity index (χ1) is 14.4. The maximum atomic E-state index is 12.1. The number of hydrogen-bond donors (Lipinski definition) is 2. The van der Waals surface area contributed by atoms with Crippen molar-refractivity contribution in [2.75, 3.05) is 0 Å². The smallest absolute Gasteiger partial charge is 0.192 e. The number of ether oxygens (including phenoxy) is 1. The molecule has 1 saturated heterocycles. The van der Waals surface area contributed by atoms with Crippen LogP contribution < -0.4 is 0 Å². The molecule has 4 bridgehead atoms. The SMILES string of the molecule is C=C1[C@@]2(O)[C@H]3C[C@@H](C)[C@]1(C)CC/C(C)=C/CC[C@](C)(O3)[C@H](O[Si](CC)(CC)CC)[C@@H]2O. The van der Waals surface area contributed by atoms with Gasteiger partial charge < -0.3 is 19.4 Å². The van der Waals surface area contributed by atoms with Gasteiger partial charge in [-0.05, 0) is 81.0 Å². The lowest BCUT2D eigenvalue weighted by Gasteiger charge is -2.62. The summed E-state index contributed by atoms with van der Waals surface area (Å²) >= 11 is 0. The molecule has 5 rings (SSSR count). The van der Waals surface area contributed by atoms with Crippen LogP contribution in [0.5, 0.6) is 0 Å². The summed E-state index contributed by atoms with van der Waals surface area (Å²) in [5.74, 6) is 0.321. The number of hydrogen-bond acceptors (Lipinski definition) is 4. The van der Waals surface area contributed by atoms with E-state index >= 15 is 0 Å². The highest BCUT2D eigenvalue weighted by atomic mass is 28.4. The van der Waals surface area contributed by atoms with E-state index in [2.05, 4.69) is 61.1 Å². The van der Waals surface area contributed by atoms with Gasteiger partial charge in [0.2, 0.25) is 0 Å². The third kappa shape index (κ3) is 3.93. The van der Waals surface area contributed by atoms with Crippen molar-refractivity contribution in [1.29, 1.82) is 0 Å². The molecule has 3 heterocycles. The fraction of sp³-hybridized carbons (Fsp3) is 0.846. The maximum Gasteiger partial charge on any atom is 0.192 e. The number of rotatable bonds is 5. The number of fused-ring (bicyclic) bond motifs is 2. The zero-order valence-corrected chi connectivity index (χ0v) is 22.0. The highest BCUT2D eigenvalue weighted by molar-refractivity contribution is 6.73. The third-order valence-corrected chi connectivity index (χ3v) is 14.2. The highest BCUT2D eigenvalue weighted by Crippen LogP contribution is 2.58. The molecule has 0 aromatic carbocycles. The summed E-state index contributed by atoms with van der Waals surface area (Å²) in [5.41, 5.74) is -0.253. The zero-order chi connectivity index (χ0) is 23.2. The van der Waals surface area contributed by atoms with Crippen LogP contribution in [0, 0.1) is 11.3 Å². The number of aliphatic hydroxyl groups is 2. The lowest BCUT2D eigenvalue weighted by Crippen LogP contribution is -2.75. The number of allylic oxidation sites excluding steroid dienone is 2. The van der Waals surface area contributed by atoms with E-state index in [9.17, 15) is 10.2 Å². The van der Waals surface area contributed by atoms with E-state index < -0.39 is 37.8 Å². The predicted octanol–water partition coefficient (Wildman–Crippen LogP) is 5.75. The largest absolute Gasteiger partial charge is 0.408 e. The standard InChI is InChI=1S/C26H46O4Si/c1-9-31(10-2,11-3)30-23-22(27)26(28)20(6)24(7)16-14-18(4)13-12-15-25(23,8)29-21(26)17-19(24)5/h13,19,21-23,27-28H,6,9-12,14-17H2,1-5,7-8H3/b18-13+/t19-,21-,22+,23-,24+,25+,26-/m1/s1. The van der Waals surface area contributed by atoms with Crippen LogP contribution in [0.2, 0.25) is 18.1 Å². The van der Waals surface area contributed by atoms with Crippen LogP contribution >= 0.6 is 0 Å². The summed E-state index contributed by atoms with van der Waals surface area (Å²) in [5, 5.41) is 24.0. The lowest BCUT2D eigenvalue weighted by atomic mass is 9.54. The van der Waals surface area contributed by atoms with Gasteiger partial charge >= 0.3 is 0 Å². The van der Waals surface area contributed by atoms with Crippen molar-refractivity contribution >= 4 is 8.32 Å². The van der Waals surface area contributed by atoms with Gasteiger partial charge in [-0.1, -0.05) is 52.8 Å². The molecule has 0 spiro atoms. The molecular formula is C26H46O4Si. The molecule has 5 heteroatoms. The average molecular weight is 451 g/mol. The molecule has 7 atom stereocenters. The topological polar surface area (TPSA) is 58.9 Å². The van der Waals surface area contributed by atoms with Crippen molar-refractivity contribution in [3.63, 3.8) is 0 Å². The Bertz CT molecular complexity index is 708. The van der Waals surface area contributed by atoms with Crippen molar-refractivity contribution in [3.05, 3.63) is 23.8 Å². The minimum absolute atomic E-state index is 0.253. The van der Waals surface area contributed by atoms with E-state index in [1.54, 1.807) is 0 Å². The van der Waals surface area contributed by atoms with Crippen LogP contribution in [0.25, 0.3) is 0 Å². The van der Waals surface area contributed by atoms with Crippen LogP contribution in [0.1, 0.15) is 80.6 Å². The van der Waals surface area contributed by atoms with Gasteiger partial charge in [-0.3, -0.25) is 0 Å². The Balaban J connectivity index is 2.14. The van der Waals surface area contributed by atoms with Crippen LogP contribution in [-0.2, 0) is 9.16 Å². The monoisotopic (exact) mass is 450 g/mol. The Morgan fingerprint density at radius 1 is 1.19 bits per heavy atom. The third-order valence-electron chi connectivity index (χ3n) is 9.55. The minimum Gasteiger partial charge on any atom is -0.408 e. The van der Waals surface area contributed by atoms with Gasteiger partial charge in [0.25, 0.3) is 0 Å². The van der Waals surface area contributed by atoms with Gasteiger partial charge in [-0.25, -0.2) is 0 Å². The summed E-state index contributed by atoms with van der Waals surface area (Å²) in [6.07, 6.45) is 4.61. The molecule has 3 aliphatic heterocycles. The Morgan fingerprint density at radius 3 is 2.39 bits per heavy atom. The van der Waals surface area contributed by atoms with Crippen molar-refractivity contribution < 1.29 is 19.4 Å². The van der Waals surface area contributed by atoms with Gasteiger partial charge in [-0.2, -0.15) is 0 Å². The summed E-state index contributed by atoms with van der Waals surface area (Å²) in [4.78, 5) is 0. The van der Waals surface area contributed by atoms with E-state index in [-0.39, 0.29) is 5.41 Å². The predicted molar refractivity (Wildman–Crippen MR) is 130 cm³/mol. The van der Waals surface area contributed by atoms with E-state index in [1.807, 2.05) is 0 Å². The van der Waals surface area contributed by atoms with E-state index in [0.29, 0.717) is 5.92 Å².